The molecule has 1 heterocycles. The van der Waals surface area contributed by atoms with Crippen molar-refractivity contribution in [2.24, 2.45) is 0 Å². The average molecular weight is 294 g/mol. The minimum atomic E-state index is -0.651. The summed E-state index contributed by atoms with van der Waals surface area (Å²) in [5.41, 5.74) is 0. The topological polar surface area (TPSA) is 52.8 Å². The Morgan fingerprint density at radius 1 is 1.29 bits per heavy atom. The molecule has 0 saturated carbocycles. The molecule has 0 spiro atoms. The van der Waals surface area contributed by atoms with E-state index in [9.17, 15) is 8.78 Å². The zero-order valence-corrected chi connectivity index (χ0v) is 11.7. The Balaban J connectivity index is 1.83. The van der Waals surface area contributed by atoms with Crippen molar-refractivity contribution < 1.29 is 13.5 Å². The van der Waals surface area contributed by atoms with Crippen LogP contribution in [0.1, 0.15) is 43.5 Å². The smallest absolute Gasteiger partial charge is 0.155 e. The summed E-state index contributed by atoms with van der Waals surface area (Å²) in [4.78, 5) is 0. The fourth-order valence-corrected chi connectivity index (χ4v) is 2.76. The number of hydrogen-bond acceptors (Lipinski definition) is 4. The highest BCUT2D eigenvalue weighted by molar-refractivity contribution is 5.23. The number of tetrazole rings is 1. The molecule has 5 nitrogen and oxygen atoms in total. The highest BCUT2D eigenvalue weighted by Gasteiger charge is 2.29. The van der Waals surface area contributed by atoms with Gasteiger partial charge in [0.1, 0.15) is 17.7 Å². The molecule has 2 aliphatic carbocycles. The summed E-state index contributed by atoms with van der Waals surface area (Å²) < 4.78 is 33.7. The summed E-state index contributed by atoms with van der Waals surface area (Å²) in [6.45, 7) is 0. The quantitative estimate of drug-likeness (QED) is 0.859. The third-order valence-corrected chi connectivity index (χ3v) is 3.94. The van der Waals surface area contributed by atoms with E-state index in [1.165, 1.54) is 10.8 Å². The molecule has 0 aliphatic heterocycles. The minimum absolute atomic E-state index is 0.127. The van der Waals surface area contributed by atoms with Gasteiger partial charge < -0.3 is 4.74 Å². The monoisotopic (exact) mass is 294 g/mol. The summed E-state index contributed by atoms with van der Waals surface area (Å²) in [5.74, 6) is 0.628. The van der Waals surface area contributed by atoms with E-state index in [2.05, 4.69) is 15.5 Å². The molecule has 3 rings (SSSR count). The van der Waals surface area contributed by atoms with Crippen molar-refractivity contribution >= 4 is 0 Å². The van der Waals surface area contributed by atoms with Crippen molar-refractivity contribution in [1.29, 1.82) is 0 Å². The van der Waals surface area contributed by atoms with E-state index < -0.39 is 17.7 Å². The molecule has 0 fully saturated rings. The molecular weight excluding hydrogens is 278 g/mol. The molecule has 112 valence electrons. The number of rotatable bonds is 3. The standard InChI is InChI=1S/C14H16F2N4O/c1-21-11-5-2-9(3-6-11)14-17-18-19-20(14)13-7-4-10(15)8-12(13)16/h4-5,8-9,13H,2-3,6-7H2,1H3. The molecule has 1 aromatic rings. The number of hydrogen-bond donors (Lipinski definition) is 0. The summed E-state index contributed by atoms with van der Waals surface area (Å²) in [7, 11) is 1.65. The maximum Gasteiger partial charge on any atom is 0.155 e. The Labute approximate surface area is 121 Å². The van der Waals surface area contributed by atoms with Gasteiger partial charge in [-0.1, -0.05) is 0 Å². The third-order valence-electron chi connectivity index (χ3n) is 3.94. The predicted molar refractivity (Wildman–Crippen MR) is 71.5 cm³/mol. The van der Waals surface area contributed by atoms with Crippen LogP contribution in [0.15, 0.2) is 35.6 Å². The zero-order valence-electron chi connectivity index (χ0n) is 11.7. The Morgan fingerprint density at radius 3 is 2.81 bits per heavy atom. The molecular formula is C14H16F2N4O. The van der Waals surface area contributed by atoms with Crippen LogP contribution in [0.2, 0.25) is 0 Å². The fourth-order valence-electron chi connectivity index (χ4n) is 2.76. The summed E-state index contributed by atoms with van der Waals surface area (Å²) in [5, 5.41) is 11.6. The molecule has 2 aliphatic rings. The first kappa shape index (κ1) is 13.9. The lowest BCUT2D eigenvalue weighted by atomic mass is 9.92. The van der Waals surface area contributed by atoms with Gasteiger partial charge >= 0.3 is 0 Å². The van der Waals surface area contributed by atoms with Crippen molar-refractivity contribution in [3.8, 4) is 0 Å². The van der Waals surface area contributed by atoms with Gasteiger partial charge in [-0.3, -0.25) is 0 Å². The molecule has 2 atom stereocenters. The van der Waals surface area contributed by atoms with Crippen LogP contribution >= 0.6 is 0 Å². The first-order valence-electron chi connectivity index (χ1n) is 6.92. The molecule has 0 aromatic carbocycles. The van der Waals surface area contributed by atoms with Crippen LogP contribution in [0, 0.1) is 0 Å². The molecule has 0 bridgehead atoms. The van der Waals surface area contributed by atoms with Crippen LogP contribution in [0.5, 0.6) is 0 Å². The number of ether oxygens (including phenoxy) is 1. The minimum Gasteiger partial charge on any atom is -0.501 e. The SMILES string of the molecule is COC1=CCC(c2nnnn2C2CC=C(F)C=C2F)CC1. The Kier molecular flexibility index (Phi) is 3.81. The lowest BCUT2D eigenvalue weighted by molar-refractivity contribution is 0.259. The molecule has 21 heavy (non-hydrogen) atoms. The van der Waals surface area contributed by atoms with Crippen molar-refractivity contribution in [3.05, 3.63) is 41.5 Å². The Bertz CT molecular complexity index is 620. The first-order chi connectivity index (χ1) is 10.2. The van der Waals surface area contributed by atoms with E-state index in [4.69, 9.17) is 4.74 Å². The average Bonchev–Trinajstić information content (AvgIpc) is 2.96. The lowest BCUT2D eigenvalue weighted by Gasteiger charge is -2.23. The number of aromatic nitrogens is 4. The van der Waals surface area contributed by atoms with E-state index in [-0.39, 0.29) is 12.3 Å². The largest absolute Gasteiger partial charge is 0.501 e. The second-order valence-electron chi connectivity index (χ2n) is 5.20. The highest BCUT2D eigenvalue weighted by atomic mass is 19.1. The van der Waals surface area contributed by atoms with Crippen molar-refractivity contribution in [2.45, 2.75) is 37.6 Å². The number of methoxy groups -OCH3 is 1. The van der Waals surface area contributed by atoms with Gasteiger partial charge in [-0.15, -0.1) is 5.10 Å². The number of halogens is 2. The van der Waals surface area contributed by atoms with Gasteiger partial charge in [0, 0.05) is 18.4 Å². The van der Waals surface area contributed by atoms with E-state index in [0.717, 1.165) is 31.1 Å². The maximum atomic E-state index is 14.0. The van der Waals surface area contributed by atoms with Crippen molar-refractivity contribution in [2.75, 3.05) is 7.11 Å². The van der Waals surface area contributed by atoms with Crippen LogP contribution in [-0.4, -0.2) is 27.3 Å². The fraction of sp³-hybridized carbons (Fsp3) is 0.500. The van der Waals surface area contributed by atoms with Crippen LogP contribution in [0.3, 0.4) is 0 Å². The zero-order chi connectivity index (χ0) is 14.8. The summed E-state index contributed by atoms with van der Waals surface area (Å²) >= 11 is 0. The van der Waals surface area contributed by atoms with Crippen molar-refractivity contribution in [1.82, 2.24) is 20.2 Å². The van der Waals surface area contributed by atoms with Gasteiger partial charge in [0.15, 0.2) is 5.82 Å². The maximum absolute atomic E-state index is 14.0. The highest BCUT2D eigenvalue weighted by Crippen LogP contribution is 2.35. The number of allylic oxidation sites excluding steroid dienone is 6. The van der Waals surface area contributed by atoms with Gasteiger partial charge in [0.25, 0.3) is 0 Å². The molecule has 0 radical (unpaired) electrons. The van der Waals surface area contributed by atoms with Crippen LogP contribution in [0.4, 0.5) is 8.78 Å². The molecule has 1 aromatic heterocycles. The van der Waals surface area contributed by atoms with E-state index >= 15 is 0 Å². The van der Waals surface area contributed by atoms with E-state index in [1.807, 2.05) is 6.08 Å². The Hall–Kier alpha value is -2.05. The third kappa shape index (κ3) is 2.72. The van der Waals surface area contributed by atoms with Crippen LogP contribution < -0.4 is 0 Å². The van der Waals surface area contributed by atoms with Gasteiger partial charge in [-0.25, -0.2) is 13.5 Å². The van der Waals surface area contributed by atoms with Gasteiger partial charge in [-0.2, -0.15) is 0 Å². The summed E-state index contributed by atoms with van der Waals surface area (Å²) in [6, 6.07) is -0.651. The van der Waals surface area contributed by atoms with Gasteiger partial charge in [0.05, 0.1) is 12.9 Å². The normalized spacial score (nSPS) is 26.0. The van der Waals surface area contributed by atoms with Gasteiger partial charge in [0.2, 0.25) is 0 Å². The van der Waals surface area contributed by atoms with Crippen molar-refractivity contribution in [3.63, 3.8) is 0 Å². The molecule has 7 heteroatoms. The first-order valence-corrected chi connectivity index (χ1v) is 6.92. The molecule has 2 unspecified atom stereocenters. The van der Waals surface area contributed by atoms with E-state index in [1.54, 1.807) is 7.11 Å². The molecule has 0 saturated heterocycles. The molecule has 0 amide bonds. The second kappa shape index (κ2) is 5.75. The van der Waals surface area contributed by atoms with Gasteiger partial charge in [-0.05, 0) is 41.8 Å². The number of nitrogens with zero attached hydrogens (tertiary/aromatic N) is 4. The molecule has 0 N–H and O–H groups in total. The summed E-state index contributed by atoms with van der Waals surface area (Å²) in [6.07, 6.45) is 6.89. The van der Waals surface area contributed by atoms with E-state index in [0.29, 0.717) is 5.82 Å². The Morgan fingerprint density at radius 2 is 2.14 bits per heavy atom. The van der Waals surface area contributed by atoms with Crippen LogP contribution in [0.25, 0.3) is 0 Å². The predicted octanol–water partition coefficient (Wildman–Crippen LogP) is 3.12. The van der Waals surface area contributed by atoms with Crippen LogP contribution in [-0.2, 0) is 4.74 Å². The lowest BCUT2D eigenvalue weighted by Crippen LogP contribution is -2.19. The second-order valence-corrected chi connectivity index (χ2v) is 5.20.